The Morgan fingerprint density at radius 1 is 0.722 bits per heavy atom. The average Bonchev–Trinajstić information content (AvgIpc) is 3.53. The number of nitrogens with one attached hydrogen (secondary N) is 2. The van der Waals surface area contributed by atoms with Crippen molar-refractivity contribution in [3.63, 3.8) is 0 Å². The van der Waals surface area contributed by atoms with Gasteiger partial charge >= 0.3 is 23.6 Å². The first-order chi connectivity index (χ1) is 17.2. The van der Waals surface area contributed by atoms with Crippen molar-refractivity contribution in [2.24, 2.45) is 11.5 Å². The molecule has 0 saturated heterocycles. The number of carbonyl (C=O) groups is 2. The molecule has 12 nitrogen and oxygen atoms in total. The quantitative estimate of drug-likeness (QED) is 0.299. The first-order valence-corrected chi connectivity index (χ1v) is 11.2. The van der Waals surface area contributed by atoms with Gasteiger partial charge in [0.05, 0.1) is 12.1 Å². The van der Waals surface area contributed by atoms with Gasteiger partial charge in [-0.2, -0.15) is 0 Å². The first kappa shape index (κ1) is 24.7. The van der Waals surface area contributed by atoms with Crippen LogP contribution in [0.15, 0.2) is 45.2 Å². The second kappa shape index (κ2) is 10.1. The van der Waals surface area contributed by atoms with Gasteiger partial charge in [-0.05, 0) is 62.1 Å². The minimum atomic E-state index is -0.543. The van der Waals surface area contributed by atoms with Crippen molar-refractivity contribution in [1.29, 1.82) is 0 Å². The fourth-order valence-electron chi connectivity index (χ4n) is 3.50. The van der Waals surface area contributed by atoms with Crippen molar-refractivity contribution in [3.05, 3.63) is 71.1 Å². The highest BCUT2D eigenvalue weighted by Crippen LogP contribution is 2.34. The lowest BCUT2D eigenvalue weighted by Crippen LogP contribution is -2.14. The van der Waals surface area contributed by atoms with E-state index in [9.17, 15) is 9.59 Å². The molecule has 0 aliphatic rings. The third kappa shape index (κ3) is 4.99. The zero-order valence-corrected chi connectivity index (χ0v) is 20.2. The predicted molar refractivity (Wildman–Crippen MR) is 131 cm³/mol. The summed E-state index contributed by atoms with van der Waals surface area (Å²) in [7, 11) is 0. The van der Waals surface area contributed by atoms with E-state index in [0.29, 0.717) is 11.4 Å². The van der Waals surface area contributed by atoms with E-state index in [-0.39, 0.29) is 23.6 Å². The van der Waals surface area contributed by atoms with Gasteiger partial charge < -0.3 is 30.9 Å². The van der Waals surface area contributed by atoms with Crippen LogP contribution in [-0.4, -0.2) is 32.2 Å². The maximum absolute atomic E-state index is 12.6. The van der Waals surface area contributed by atoms with E-state index in [1.807, 2.05) is 38.1 Å². The van der Waals surface area contributed by atoms with Crippen LogP contribution < -0.4 is 22.1 Å². The summed E-state index contributed by atoms with van der Waals surface area (Å²) in [5.41, 5.74) is 15.9. The van der Waals surface area contributed by atoms with E-state index in [2.05, 4.69) is 31.0 Å². The van der Waals surface area contributed by atoms with Crippen molar-refractivity contribution in [2.45, 2.75) is 39.8 Å². The summed E-state index contributed by atoms with van der Waals surface area (Å²) >= 11 is 0. The predicted octanol–water partition coefficient (Wildman–Crippen LogP) is 3.28. The lowest BCUT2D eigenvalue weighted by molar-refractivity contribution is 0.0981. The van der Waals surface area contributed by atoms with Crippen molar-refractivity contribution in [1.82, 2.24) is 20.4 Å². The number of benzene rings is 2. The van der Waals surface area contributed by atoms with E-state index in [4.69, 9.17) is 20.3 Å². The molecule has 0 bridgehead atoms. The third-order valence-electron chi connectivity index (χ3n) is 5.50. The van der Waals surface area contributed by atoms with Gasteiger partial charge in [-0.15, -0.1) is 20.4 Å². The van der Waals surface area contributed by atoms with Crippen molar-refractivity contribution < 1.29 is 18.4 Å². The molecule has 36 heavy (non-hydrogen) atoms. The van der Waals surface area contributed by atoms with Gasteiger partial charge in [0.2, 0.25) is 11.8 Å². The van der Waals surface area contributed by atoms with Gasteiger partial charge in [0.25, 0.3) is 0 Å². The molecule has 2 amide bonds. The summed E-state index contributed by atoms with van der Waals surface area (Å²) in [5, 5.41) is 20.7. The zero-order chi connectivity index (χ0) is 26.0. The highest BCUT2D eigenvalue weighted by molar-refractivity contribution is 6.03. The van der Waals surface area contributed by atoms with Crippen LogP contribution in [0.25, 0.3) is 11.1 Å². The largest absolute Gasteiger partial charge is 0.415 e. The van der Waals surface area contributed by atoms with Gasteiger partial charge in [0.1, 0.15) is 0 Å². The molecule has 12 heteroatoms. The summed E-state index contributed by atoms with van der Waals surface area (Å²) in [5.74, 6) is -1.09. The normalized spacial score (nSPS) is 12.7. The number of nitrogens with zero attached hydrogens (tertiary/aromatic N) is 4. The molecule has 0 radical (unpaired) electrons. The molecule has 0 fully saturated rings. The van der Waals surface area contributed by atoms with Crippen molar-refractivity contribution >= 4 is 23.2 Å². The average molecular weight is 491 g/mol. The maximum atomic E-state index is 12.6. The van der Waals surface area contributed by atoms with Crippen LogP contribution in [0.4, 0.5) is 11.4 Å². The minimum absolute atomic E-state index is 0.175. The van der Waals surface area contributed by atoms with Gasteiger partial charge in [-0.3, -0.25) is 9.59 Å². The van der Waals surface area contributed by atoms with Crippen LogP contribution in [0.3, 0.4) is 0 Å². The van der Waals surface area contributed by atoms with E-state index in [1.165, 1.54) is 0 Å². The molecule has 4 aromatic rings. The molecular formula is C24H26N8O4. The Morgan fingerprint density at radius 3 is 1.44 bits per heavy atom. The first-order valence-electron chi connectivity index (χ1n) is 11.2. The zero-order valence-electron chi connectivity index (χ0n) is 20.2. The molecule has 4 rings (SSSR count). The minimum Gasteiger partial charge on any atom is -0.415 e. The smallest absolute Gasteiger partial charge is 0.313 e. The number of hydrogen-bond donors (Lipinski definition) is 4. The molecule has 0 aliphatic carbocycles. The maximum Gasteiger partial charge on any atom is 0.313 e. The third-order valence-corrected chi connectivity index (χ3v) is 5.50. The second-order valence-electron chi connectivity index (χ2n) is 8.33. The van der Waals surface area contributed by atoms with E-state index in [0.717, 1.165) is 22.3 Å². The summed E-state index contributed by atoms with van der Waals surface area (Å²) in [6.07, 6.45) is 0. The highest BCUT2D eigenvalue weighted by atomic mass is 16.4. The Balaban J connectivity index is 1.58. The number of rotatable bonds is 7. The number of amides is 2. The summed E-state index contributed by atoms with van der Waals surface area (Å²) in [6.45, 7) is 7.12. The Hall–Kier alpha value is -4.42. The number of carbonyl (C=O) groups excluding carboxylic acids is 2. The fraction of sp³-hybridized carbons (Fsp3) is 0.250. The van der Waals surface area contributed by atoms with E-state index >= 15 is 0 Å². The molecule has 2 aromatic carbocycles. The monoisotopic (exact) mass is 490 g/mol. The summed E-state index contributed by atoms with van der Waals surface area (Å²) in [6, 6.07) is 10.1. The molecule has 6 N–H and O–H groups in total. The Bertz CT molecular complexity index is 1320. The van der Waals surface area contributed by atoms with Gasteiger partial charge in [0, 0.05) is 11.4 Å². The van der Waals surface area contributed by atoms with E-state index in [1.54, 1.807) is 26.0 Å². The van der Waals surface area contributed by atoms with Gasteiger partial charge in [0.15, 0.2) is 0 Å². The molecule has 2 heterocycles. The number of nitrogens with two attached hydrogens (primary N) is 2. The van der Waals surface area contributed by atoms with Crippen molar-refractivity contribution in [3.8, 4) is 11.1 Å². The molecule has 2 aromatic heterocycles. The van der Waals surface area contributed by atoms with Gasteiger partial charge in [-0.25, -0.2) is 0 Å². The lowest BCUT2D eigenvalue weighted by atomic mass is 9.94. The molecular weight excluding hydrogens is 464 g/mol. The molecule has 0 spiro atoms. The van der Waals surface area contributed by atoms with Crippen molar-refractivity contribution in [2.75, 3.05) is 10.6 Å². The standard InChI is InChI=1S/C24H26N8O4/c1-11-15(7-5-9-17(11)27-19(33)23-31-29-21(35-23)13(3)25)16-8-6-10-18(12(16)2)28-20(34)24-32-30-22(36-24)14(4)26/h5-10,13-14H,25-26H2,1-4H3,(H,27,33)(H,28,34). The van der Waals surface area contributed by atoms with Crippen LogP contribution in [-0.2, 0) is 0 Å². The summed E-state index contributed by atoms with van der Waals surface area (Å²) in [4.78, 5) is 25.3. The van der Waals surface area contributed by atoms with Crippen LogP contribution >= 0.6 is 0 Å². The molecule has 2 unspecified atom stereocenters. The van der Waals surface area contributed by atoms with Gasteiger partial charge in [-0.1, -0.05) is 24.3 Å². The Morgan fingerprint density at radius 2 is 1.11 bits per heavy atom. The molecule has 186 valence electrons. The fourth-order valence-corrected chi connectivity index (χ4v) is 3.50. The number of hydrogen-bond acceptors (Lipinski definition) is 10. The SMILES string of the molecule is Cc1c(NC(=O)c2nnc(C(C)N)o2)cccc1-c1cccc(NC(=O)c2nnc(C(C)N)o2)c1C. The molecule has 2 atom stereocenters. The second-order valence-corrected chi connectivity index (χ2v) is 8.33. The molecule has 0 saturated carbocycles. The number of aromatic nitrogens is 4. The van der Waals surface area contributed by atoms with Crippen LogP contribution in [0.5, 0.6) is 0 Å². The number of anilines is 2. The van der Waals surface area contributed by atoms with E-state index < -0.39 is 23.9 Å². The lowest BCUT2D eigenvalue weighted by Gasteiger charge is -2.16. The van der Waals surface area contributed by atoms with Crippen LogP contribution in [0.1, 0.15) is 70.2 Å². The Kier molecular flexibility index (Phi) is 6.90. The topological polar surface area (TPSA) is 188 Å². The van der Waals surface area contributed by atoms with Crippen LogP contribution in [0.2, 0.25) is 0 Å². The Labute approximate surface area is 206 Å². The summed E-state index contributed by atoms with van der Waals surface area (Å²) < 4.78 is 10.7. The van der Waals surface area contributed by atoms with Crippen LogP contribution in [0, 0.1) is 13.8 Å². The molecule has 0 aliphatic heterocycles. The highest BCUT2D eigenvalue weighted by Gasteiger charge is 2.20.